The van der Waals surface area contributed by atoms with E-state index in [2.05, 4.69) is 6.92 Å². The highest BCUT2D eigenvalue weighted by atomic mass is 16.2. The van der Waals surface area contributed by atoms with Crippen molar-refractivity contribution in [1.82, 2.24) is 0 Å². The van der Waals surface area contributed by atoms with Gasteiger partial charge in [-0.25, -0.2) is 5.11 Å². The minimum absolute atomic E-state index is 0.125. The van der Waals surface area contributed by atoms with E-state index in [4.69, 9.17) is 0 Å². The second kappa shape index (κ2) is 42.0. The third-order valence-corrected chi connectivity index (χ3v) is 10.00. The molecule has 43 heavy (non-hydrogen) atoms. The number of rotatable bonds is 40. The predicted octanol–water partition coefficient (Wildman–Crippen LogP) is 16.0. The molecule has 1 heteroatoms. The monoisotopic (exact) mass is 606 g/mol. The van der Waals surface area contributed by atoms with Gasteiger partial charge in [-0.15, -0.1) is 0 Å². The van der Waals surface area contributed by atoms with Gasteiger partial charge in [-0.05, 0) is 6.42 Å². The maximum absolute atomic E-state index is 10.4. The van der Waals surface area contributed by atoms with Gasteiger partial charge in [0.1, 0.15) is 0 Å². The second-order valence-corrected chi connectivity index (χ2v) is 14.5. The molecule has 0 saturated carbocycles. The van der Waals surface area contributed by atoms with E-state index in [1.807, 2.05) is 0 Å². The van der Waals surface area contributed by atoms with Crippen LogP contribution < -0.4 is 0 Å². The zero-order valence-corrected chi connectivity index (χ0v) is 30.4. The summed E-state index contributed by atoms with van der Waals surface area (Å²) in [6.45, 7) is 2.43. The van der Waals surface area contributed by atoms with Crippen LogP contribution >= 0.6 is 0 Å². The maximum Gasteiger partial charge on any atom is 0.0822 e. The van der Waals surface area contributed by atoms with Crippen molar-refractivity contribution < 1.29 is 5.11 Å². The van der Waals surface area contributed by atoms with Crippen LogP contribution in [-0.4, -0.2) is 6.61 Å². The average Bonchev–Trinajstić information content (AvgIpc) is 3.02. The van der Waals surface area contributed by atoms with Gasteiger partial charge in [-0.1, -0.05) is 257 Å². The van der Waals surface area contributed by atoms with Crippen LogP contribution in [-0.2, 0) is 5.11 Å². The summed E-state index contributed by atoms with van der Waals surface area (Å²) in [5, 5.41) is 10.4. The molecule has 0 amide bonds. The average molecular weight is 606 g/mol. The van der Waals surface area contributed by atoms with Crippen LogP contribution in [0.2, 0.25) is 0 Å². The van der Waals surface area contributed by atoms with E-state index < -0.39 is 0 Å². The first-order valence-electron chi connectivity index (χ1n) is 21.0. The summed E-state index contributed by atoms with van der Waals surface area (Å²) in [5.41, 5.74) is 0. The predicted molar refractivity (Wildman–Crippen MR) is 196 cm³/mol. The summed E-state index contributed by atoms with van der Waals surface area (Å²) in [6.07, 6.45) is 57.6. The van der Waals surface area contributed by atoms with Gasteiger partial charge < -0.3 is 0 Å². The Bertz CT molecular complexity index is 406. The zero-order valence-electron chi connectivity index (χ0n) is 30.4. The lowest BCUT2D eigenvalue weighted by Gasteiger charge is -2.05. The molecule has 0 aliphatic carbocycles. The maximum atomic E-state index is 10.4. The van der Waals surface area contributed by atoms with Gasteiger partial charge in [0, 0.05) is 0 Å². The highest BCUT2D eigenvalue weighted by Crippen LogP contribution is 2.17. The lowest BCUT2D eigenvalue weighted by atomic mass is 10.0. The van der Waals surface area contributed by atoms with Crippen LogP contribution in [0.3, 0.4) is 0 Å². The van der Waals surface area contributed by atoms with Gasteiger partial charge in [-0.2, -0.15) is 0 Å². The molecule has 0 bridgehead atoms. The topological polar surface area (TPSA) is 19.9 Å². The summed E-state index contributed by atoms with van der Waals surface area (Å²) in [4.78, 5) is 0. The molecule has 259 valence electrons. The van der Waals surface area contributed by atoms with Gasteiger partial charge in [0.05, 0.1) is 6.61 Å². The Morgan fingerprint density at radius 3 is 0.419 bits per heavy atom. The molecule has 1 nitrogen and oxygen atoms in total. The quantitative estimate of drug-likeness (QED) is 0.0619. The molecule has 1 radical (unpaired) electrons. The molecule has 0 aromatic heterocycles. The van der Waals surface area contributed by atoms with Crippen molar-refractivity contribution in [2.75, 3.05) is 6.61 Å². The summed E-state index contributed by atoms with van der Waals surface area (Å²) in [6, 6.07) is 0. The molecule has 0 unspecified atom stereocenters. The van der Waals surface area contributed by atoms with Crippen molar-refractivity contribution in [2.24, 2.45) is 0 Å². The molecule has 0 rings (SSSR count). The van der Waals surface area contributed by atoms with Crippen LogP contribution in [0.25, 0.3) is 0 Å². The Kier molecular flexibility index (Phi) is 41.9. The molecule has 0 aliphatic rings. The fourth-order valence-corrected chi connectivity index (χ4v) is 6.89. The van der Waals surface area contributed by atoms with Gasteiger partial charge in [0.15, 0.2) is 0 Å². The molecule has 0 saturated heterocycles. The van der Waals surface area contributed by atoms with E-state index in [1.165, 1.54) is 244 Å². The van der Waals surface area contributed by atoms with E-state index in [-0.39, 0.29) is 6.61 Å². The van der Waals surface area contributed by atoms with Crippen LogP contribution in [0, 0.1) is 0 Å². The van der Waals surface area contributed by atoms with E-state index in [1.54, 1.807) is 0 Å². The van der Waals surface area contributed by atoms with E-state index in [0.29, 0.717) is 0 Å². The Morgan fingerprint density at radius 2 is 0.302 bits per heavy atom. The number of hydrogen-bond acceptors (Lipinski definition) is 0. The minimum Gasteiger partial charge on any atom is -0.237 e. The van der Waals surface area contributed by atoms with Gasteiger partial charge >= 0.3 is 0 Å². The molecule has 0 aromatic carbocycles. The molecule has 0 atom stereocenters. The normalized spacial score (nSPS) is 11.6. The van der Waals surface area contributed by atoms with Crippen LogP contribution in [0.5, 0.6) is 0 Å². The largest absolute Gasteiger partial charge is 0.237 e. The third kappa shape index (κ3) is 42.0. The first-order chi connectivity index (χ1) is 21.4. The smallest absolute Gasteiger partial charge is 0.0822 e. The molecule has 0 fully saturated rings. The van der Waals surface area contributed by atoms with Crippen LogP contribution in [0.15, 0.2) is 0 Å². The fraction of sp³-hybridized carbons (Fsp3) is 1.00. The van der Waals surface area contributed by atoms with Crippen molar-refractivity contribution in [3.8, 4) is 0 Å². The molecule has 0 heterocycles. The molecular formula is C42H85O. The summed E-state index contributed by atoms with van der Waals surface area (Å²) >= 11 is 0. The number of hydrogen-bond donors (Lipinski definition) is 0. The van der Waals surface area contributed by atoms with Crippen molar-refractivity contribution in [3.05, 3.63) is 0 Å². The third-order valence-electron chi connectivity index (χ3n) is 10.00. The molecule has 0 N–H and O–H groups in total. The van der Waals surface area contributed by atoms with Crippen molar-refractivity contribution in [2.45, 2.75) is 264 Å². The second-order valence-electron chi connectivity index (χ2n) is 14.5. The Balaban J connectivity index is 3.02. The minimum atomic E-state index is 0.125. The van der Waals surface area contributed by atoms with E-state index in [9.17, 15) is 5.11 Å². The SMILES string of the molecule is CCCCCCCCCCCCCCCCCCCCCCCCCCCCCCCCCCCCCCCCCC[O]. The van der Waals surface area contributed by atoms with Crippen molar-refractivity contribution in [1.29, 1.82) is 0 Å². The Labute approximate surface area is 274 Å². The van der Waals surface area contributed by atoms with Crippen molar-refractivity contribution >= 4 is 0 Å². The molecule has 0 spiro atoms. The van der Waals surface area contributed by atoms with E-state index >= 15 is 0 Å². The summed E-state index contributed by atoms with van der Waals surface area (Å²) in [5.74, 6) is 0. The van der Waals surface area contributed by atoms with Crippen LogP contribution in [0.1, 0.15) is 264 Å². The Hall–Kier alpha value is -0.0400. The fourth-order valence-electron chi connectivity index (χ4n) is 6.89. The number of unbranched alkanes of at least 4 members (excludes halogenated alkanes) is 39. The van der Waals surface area contributed by atoms with Crippen molar-refractivity contribution in [3.63, 3.8) is 0 Å². The molecular weight excluding hydrogens is 520 g/mol. The van der Waals surface area contributed by atoms with Gasteiger partial charge in [-0.3, -0.25) is 0 Å². The standard InChI is InChI=1S/C42H85O/c1-2-3-4-5-6-7-8-9-10-11-12-13-14-15-16-17-18-19-20-21-22-23-24-25-26-27-28-29-30-31-32-33-34-35-36-37-38-39-40-41-42-43/h2-42H2,1H3. The lowest BCUT2D eigenvalue weighted by molar-refractivity contribution is 0.186. The van der Waals surface area contributed by atoms with E-state index in [0.717, 1.165) is 12.8 Å². The molecule has 0 aromatic rings. The van der Waals surface area contributed by atoms with Gasteiger partial charge in [0.25, 0.3) is 0 Å². The Morgan fingerprint density at radius 1 is 0.186 bits per heavy atom. The van der Waals surface area contributed by atoms with Gasteiger partial charge in [0.2, 0.25) is 0 Å². The lowest BCUT2D eigenvalue weighted by Crippen LogP contribution is -1.85. The molecule has 0 aliphatic heterocycles. The highest BCUT2D eigenvalue weighted by molar-refractivity contribution is 4.53. The first-order valence-corrected chi connectivity index (χ1v) is 21.0. The zero-order chi connectivity index (χ0) is 31.0. The summed E-state index contributed by atoms with van der Waals surface area (Å²) in [7, 11) is 0. The summed E-state index contributed by atoms with van der Waals surface area (Å²) < 4.78 is 0. The highest BCUT2D eigenvalue weighted by Gasteiger charge is 1.98. The first kappa shape index (κ1) is 43.0. The van der Waals surface area contributed by atoms with Crippen LogP contribution in [0.4, 0.5) is 0 Å².